The highest BCUT2D eigenvalue weighted by Gasteiger charge is 2.28. The number of nitrogens with zero attached hydrogens (tertiary/aromatic N) is 2. The molecular formula is C17H24N2O3S. The van der Waals surface area contributed by atoms with Crippen molar-refractivity contribution in [3.05, 3.63) is 30.0 Å². The van der Waals surface area contributed by atoms with Gasteiger partial charge >= 0.3 is 0 Å². The van der Waals surface area contributed by atoms with Crippen LogP contribution in [0.1, 0.15) is 40.3 Å². The number of benzene rings is 1. The molecule has 0 aliphatic rings. The molecule has 1 aromatic carbocycles. The second kappa shape index (κ2) is 5.67. The molecule has 1 heterocycles. The largest absolute Gasteiger partial charge is 0.504 e. The van der Waals surface area contributed by atoms with E-state index in [0.717, 1.165) is 0 Å². The summed E-state index contributed by atoms with van der Waals surface area (Å²) < 4.78 is 26.9. The molecule has 0 aliphatic heterocycles. The highest BCUT2D eigenvalue weighted by molar-refractivity contribution is 7.92. The Morgan fingerprint density at radius 1 is 1.17 bits per heavy atom. The molecule has 5 nitrogen and oxygen atoms in total. The van der Waals surface area contributed by atoms with Crippen LogP contribution in [0.3, 0.4) is 0 Å². The number of aromatic hydroxyl groups is 1. The molecule has 1 N–H and O–H groups in total. The summed E-state index contributed by atoms with van der Waals surface area (Å²) in [6, 6.07) is 6.68. The topological polar surface area (TPSA) is 72.2 Å². The summed E-state index contributed by atoms with van der Waals surface area (Å²) in [7, 11) is -3.47. The normalized spacial score (nSPS) is 12.8. The minimum absolute atomic E-state index is 0.0198. The third-order valence-corrected chi connectivity index (χ3v) is 6.00. The van der Waals surface area contributed by atoms with Crippen molar-refractivity contribution in [2.75, 3.05) is 0 Å². The Morgan fingerprint density at radius 2 is 1.74 bits per heavy atom. The molecule has 0 atom stereocenters. The van der Waals surface area contributed by atoms with Gasteiger partial charge in [0.1, 0.15) is 5.69 Å². The van der Waals surface area contributed by atoms with Gasteiger partial charge in [0, 0.05) is 5.56 Å². The summed E-state index contributed by atoms with van der Waals surface area (Å²) in [5, 5.41) is 14.4. The molecule has 1 aromatic heterocycles. The molecule has 0 saturated heterocycles. The Bertz CT molecular complexity index is 828. The van der Waals surface area contributed by atoms with Gasteiger partial charge in [-0.25, -0.2) is 8.42 Å². The Morgan fingerprint density at radius 3 is 2.22 bits per heavy atom. The van der Waals surface area contributed by atoms with E-state index in [2.05, 4.69) is 5.10 Å². The molecule has 23 heavy (non-hydrogen) atoms. The Hall–Kier alpha value is -1.82. The van der Waals surface area contributed by atoms with Gasteiger partial charge in [-0.2, -0.15) is 5.10 Å². The van der Waals surface area contributed by atoms with Gasteiger partial charge in [-0.1, -0.05) is 18.2 Å². The monoisotopic (exact) mass is 336 g/mol. The minimum Gasteiger partial charge on any atom is -0.504 e. The predicted octanol–water partition coefficient (Wildman–Crippen LogP) is 3.50. The van der Waals surface area contributed by atoms with Gasteiger partial charge in [0.25, 0.3) is 0 Å². The van der Waals surface area contributed by atoms with Crippen molar-refractivity contribution >= 4 is 9.84 Å². The fourth-order valence-electron chi connectivity index (χ4n) is 2.49. The molecule has 0 unspecified atom stereocenters. The first kappa shape index (κ1) is 17.5. The van der Waals surface area contributed by atoms with Crippen molar-refractivity contribution < 1.29 is 13.5 Å². The van der Waals surface area contributed by atoms with Crippen LogP contribution in [-0.4, -0.2) is 28.6 Å². The molecule has 0 bridgehead atoms. The average Bonchev–Trinajstić information content (AvgIpc) is 2.75. The number of aromatic nitrogens is 2. The van der Waals surface area contributed by atoms with E-state index in [0.29, 0.717) is 17.0 Å². The summed E-state index contributed by atoms with van der Waals surface area (Å²) in [6.07, 6.45) is 0. The molecular weight excluding hydrogens is 312 g/mol. The van der Waals surface area contributed by atoms with E-state index in [1.165, 1.54) is 0 Å². The summed E-state index contributed by atoms with van der Waals surface area (Å²) in [6.45, 7) is 11.0. The summed E-state index contributed by atoms with van der Waals surface area (Å²) in [5.74, 6) is 0.0198. The van der Waals surface area contributed by atoms with Crippen LogP contribution in [0.5, 0.6) is 5.75 Å². The highest BCUT2D eigenvalue weighted by atomic mass is 32.2. The van der Waals surface area contributed by atoms with Gasteiger partial charge in [0.05, 0.1) is 21.4 Å². The van der Waals surface area contributed by atoms with E-state index in [9.17, 15) is 13.5 Å². The maximum atomic E-state index is 12.6. The zero-order valence-corrected chi connectivity index (χ0v) is 15.3. The summed E-state index contributed by atoms with van der Waals surface area (Å²) in [5.41, 5.74) is 1.04. The quantitative estimate of drug-likeness (QED) is 0.931. The SMILES string of the molecule is Cc1c(O)c(-c2ccccc2S(=O)(=O)C(C)C)nn1C(C)(C)C. The van der Waals surface area contributed by atoms with Gasteiger partial charge < -0.3 is 5.11 Å². The third-order valence-electron chi connectivity index (χ3n) is 3.79. The maximum absolute atomic E-state index is 12.6. The molecule has 2 aromatic rings. The van der Waals surface area contributed by atoms with E-state index < -0.39 is 15.1 Å². The van der Waals surface area contributed by atoms with Crippen LogP contribution in [0.25, 0.3) is 11.3 Å². The van der Waals surface area contributed by atoms with Crippen LogP contribution in [-0.2, 0) is 15.4 Å². The molecule has 0 amide bonds. The standard InChI is InChI=1S/C17H24N2O3S/c1-11(2)23(21,22)14-10-8-7-9-13(14)15-16(20)12(3)19(18-15)17(4,5)6/h7-11,20H,1-6H3. The first-order valence-corrected chi connectivity index (χ1v) is 9.15. The number of rotatable bonds is 3. The fourth-order valence-corrected chi connectivity index (χ4v) is 3.74. The van der Waals surface area contributed by atoms with Crippen molar-refractivity contribution in [2.24, 2.45) is 0 Å². The zero-order chi connectivity index (χ0) is 17.6. The van der Waals surface area contributed by atoms with Gasteiger partial charge in [-0.05, 0) is 47.6 Å². The minimum atomic E-state index is -3.47. The Balaban J connectivity index is 2.76. The van der Waals surface area contributed by atoms with Gasteiger partial charge in [-0.15, -0.1) is 0 Å². The highest BCUT2D eigenvalue weighted by Crippen LogP contribution is 2.37. The molecule has 2 rings (SSSR count). The number of sulfone groups is 1. The van der Waals surface area contributed by atoms with E-state index in [-0.39, 0.29) is 16.2 Å². The molecule has 0 aliphatic carbocycles. The first-order chi connectivity index (χ1) is 10.5. The fraction of sp³-hybridized carbons (Fsp3) is 0.471. The summed E-state index contributed by atoms with van der Waals surface area (Å²) >= 11 is 0. The van der Waals surface area contributed by atoms with Gasteiger partial charge in [-0.3, -0.25) is 4.68 Å². The van der Waals surface area contributed by atoms with E-state index >= 15 is 0 Å². The second-order valence-electron chi connectivity index (χ2n) is 6.96. The lowest BCUT2D eigenvalue weighted by atomic mass is 10.1. The van der Waals surface area contributed by atoms with E-state index in [1.807, 2.05) is 20.8 Å². The smallest absolute Gasteiger partial charge is 0.181 e. The maximum Gasteiger partial charge on any atom is 0.181 e. The van der Waals surface area contributed by atoms with Crippen molar-refractivity contribution in [1.82, 2.24) is 9.78 Å². The molecule has 126 valence electrons. The van der Waals surface area contributed by atoms with Crippen LogP contribution in [0, 0.1) is 6.92 Å². The predicted molar refractivity (Wildman–Crippen MR) is 91.4 cm³/mol. The Kier molecular flexibility index (Phi) is 4.32. The summed E-state index contributed by atoms with van der Waals surface area (Å²) in [4.78, 5) is 0.198. The molecule has 0 saturated carbocycles. The second-order valence-corrected chi connectivity index (χ2v) is 9.43. The lowest BCUT2D eigenvalue weighted by Gasteiger charge is -2.21. The van der Waals surface area contributed by atoms with Crippen LogP contribution in [0.4, 0.5) is 0 Å². The number of hydrogen-bond acceptors (Lipinski definition) is 4. The van der Waals surface area contributed by atoms with Gasteiger partial charge in [0.2, 0.25) is 0 Å². The van der Waals surface area contributed by atoms with Crippen LogP contribution >= 0.6 is 0 Å². The molecule has 0 radical (unpaired) electrons. The average molecular weight is 336 g/mol. The molecule has 0 spiro atoms. The van der Waals surface area contributed by atoms with Crippen molar-refractivity contribution in [1.29, 1.82) is 0 Å². The van der Waals surface area contributed by atoms with E-state index in [1.54, 1.807) is 49.7 Å². The Labute approximate surface area is 137 Å². The lowest BCUT2D eigenvalue weighted by molar-refractivity contribution is 0.345. The lowest BCUT2D eigenvalue weighted by Crippen LogP contribution is -2.24. The molecule has 6 heteroatoms. The van der Waals surface area contributed by atoms with Gasteiger partial charge in [0.15, 0.2) is 15.6 Å². The van der Waals surface area contributed by atoms with Crippen molar-refractivity contribution in [3.8, 4) is 17.0 Å². The van der Waals surface area contributed by atoms with Crippen LogP contribution in [0.15, 0.2) is 29.2 Å². The number of hydrogen-bond donors (Lipinski definition) is 1. The van der Waals surface area contributed by atoms with E-state index in [4.69, 9.17) is 0 Å². The van der Waals surface area contributed by atoms with Crippen LogP contribution < -0.4 is 0 Å². The van der Waals surface area contributed by atoms with Crippen molar-refractivity contribution in [3.63, 3.8) is 0 Å². The first-order valence-electron chi connectivity index (χ1n) is 7.60. The zero-order valence-electron chi connectivity index (χ0n) is 14.5. The van der Waals surface area contributed by atoms with Crippen LogP contribution in [0.2, 0.25) is 0 Å². The third kappa shape index (κ3) is 3.00. The van der Waals surface area contributed by atoms with Crippen molar-refractivity contribution in [2.45, 2.75) is 57.2 Å². The molecule has 0 fully saturated rings.